The third-order valence-corrected chi connectivity index (χ3v) is 4.23. The summed E-state index contributed by atoms with van der Waals surface area (Å²) in [4.78, 5) is 0. The van der Waals surface area contributed by atoms with Crippen molar-refractivity contribution in [2.45, 2.75) is 13.0 Å². The van der Waals surface area contributed by atoms with Crippen LogP contribution in [-0.2, 0) is 0 Å². The van der Waals surface area contributed by atoms with E-state index in [9.17, 15) is 0 Å². The number of nitrogens with zero attached hydrogens (tertiary/aromatic N) is 2. The Morgan fingerprint density at radius 1 is 0.808 bits per heavy atom. The van der Waals surface area contributed by atoms with E-state index in [1.54, 1.807) is 0 Å². The maximum atomic E-state index is 5.96. The Labute approximate surface area is 160 Å². The highest BCUT2D eigenvalue weighted by Crippen LogP contribution is 2.19. The standard InChI is InChI=1S/C23H21ClN2/c1-19(12-13-20-8-4-2-5-9-20)26(23-10-6-3-7-11-23)25-18-21-14-16-22(24)17-15-21/h2-19H,1H3/b13-12+,25-18+. The van der Waals surface area contributed by atoms with Gasteiger partial charge in [-0.2, -0.15) is 5.10 Å². The van der Waals surface area contributed by atoms with Gasteiger partial charge in [-0.3, -0.25) is 5.01 Å². The zero-order chi connectivity index (χ0) is 18.2. The molecule has 3 rings (SSSR count). The van der Waals surface area contributed by atoms with Gasteiger partial charge in [0.05, 0.1) is 17.9 Å². The lowest BCUT2D eigenvalue weighted by atomic mass is 10.1. The summed E-state index contributed by atoms with van der Waals surface area (Å²) in [5.41, 5.74) is 3.23. The van der Waals surface area contributed by atoms with Crippen molar-refractivity contribution in [1.82, 2.24) is 0 Å². The second-order valence-corrected chi connectivity index (χ2v) is 6.42. The fraction of sp³-hybridized carbons (Fsp3) is 0.0870. The van der Waals surface area contributed by atoms with Gasteiger partial charge in [0.1, 0.15) is 0 Å². The number of anilines is 1. The molecule has 0 N–H and O–H groups in total. The average molecular weight is 361 g/mol. The quantitative estimate of drug-likeness (QED) is 0.373. The zero-order valence-corrected chi connectivity index (χ0v) is 15.4. The van der Waals surface area contributed by atoms with Crippen LogP contribution in [-0.4, -0.2) is 12.3 Å². The summed E-state index contributed by atoms with van der Waals surface area (Å²) in [5.74, 6) is 0. The number of benzene rings is 3. The minimum absolute atomic E-state index is 0.0983. The first-order chi connectivity index (χ1) is 12.7. The molecular formula is C23H21ClN2. The highest BCUT2D eigenvalue weighted by atomic mass is 35.5. The van der Waals surface area contributed by atoms with Crippen molar-refractivity contribution in [3.8, 4) is 0 Å². The van der Waals surface area contributed by atoms with E-state index < -0.39 is 0 Å². The molecule has 0 aliphatic rings. The lowest BCUT2D eigenvalue weighted by Crippen LogP contribution is -2.26. The highest BCUT2D eigenvalue weighted by molar-refractivity contribution is 6.30. The summed E-state index contributed by atoms with van der Waals surface area (Å²) in [5, 5.41) is 7.45. The largest absolute Gasteiger partial charge is 0.259 e. The fourth-order valence-corrected chi connectivity index (χ4v) is 2.69. The Morgan fingerprint density at radius 3 is 2.08 bits per heavy atom. The molecule has 0 aromatic heterocycles. The van der Waals surface area contributed by atoms with E-state index in [1.165, 1.54) is 5.56 Å². The van der Waals surface area contributed by atoms with Crippen LogP contribution >= 0.6 is 11.6 Å². The number of hydrazone groups is 1. The topological polar surface area (TPSA) is 15.6 Å². The maximum absolute atomic E-state index is 5.96. The molecular weight excluding hydrogens is 340 g/mol. The van der Waals surface area contributed by atoms with E-state index >= 15 is 0 Å². The van der Waals surface area contributed by atoms with Crippen molar-refractivity contribution in [3.63, 3.8) is 0 Å². The molecule has 1 atom stereocenters. The predicted molar refractivity (Wildman–Crippen MR) is 113 cm³/mol. The van der Waals surface area contributed by atoms with Gasteiger partial charge in [-0.25, -0.2) is 0 Å². The first kappa shape index (κ1) is 18.0. The molecule has 1 unspecified atom stereocenters. The van der Waals surface area contributed by atoms with Gasteiger partial charge < -0.3 is 0 Å². The normalized spacial score (nSPS) is 12.5. The molecule has 0 spiro atoms. The number of rotatable bonds is 6. The van der Waals surface area contributed by atoms with Crippen LogP contribution in [0.3, 0.4) is 0 Å². The van der Waals surface area contributed by atoms with Crippen molar-refractivity contribution in [2.24, 2.45) is 5.10 Å². The molecule has 3 heteroatoms. The first-order valence-electron chi connectivity index (χ1n) is 8.59. The van der Waals surface area contributed by atoms with Gasteiger partial charge in [-0.05, 0) is 42.3 Å². The van der Waals surface area contributed by atoms with Crippen LogP contribution in [0.4, 0.5) is 5.69 Å². The molecule has 0 amide bonds. The SMILES string of the molecule is CC(/C=C/c1ccccc1)N(/N=C/c1ccc(Cl)cc1)c1ccccc1. The summed E-state index contributed by atoms with van der Waals surface area (Å²) in [6.45, 7) is 2.13. The molecule has 26 heavy (non-hydrogen) atoms. The minimum atomic E-state index is 0.0983. The summed E-state index contributed by atoms with van der Waals surface area (Å²) in [6.07, 6.45) is 6.14. The Hall–Kier alpha value is -2.84. The van der Waals surface area contributed by atoms with Crippen LogP contribution < -0.4 is 5.01 Å². The fourth-order valence-electron chi connectivity index (χ4n) is 2.56. The molecule has 0 fully saturated rings. The molecule has 0 bridgehead atoms. The summed E-state index contributed by atoms with van der Waals surface area (Å²) in [7, 11) is 0. The van der Waals surface area contributed by atoms with Gasteiger partial charge in [0.25, 0.3) is 0 Å². The predicted octanol–water partition coefficient (Wildman–Crippen LogP) is 6.28. The molecule has 0 heterocycles. The molecule has 3 aromatic carbocycles. The molecule has 0 radical (unpaired) electrons. The van der Waals surface area contributed by atoms with Crippen molar-refractivity contribution >= 4 is 29.6 Å². The minimum Gasteiger partial charge on any atom is -0.259 e. The van der Waals surface area contributed by atoms with Gasteiger partial charge in [-0.15, -0.1) is 0 Å². The van der Waals surface area contributed by atoms with Gasteiger partial charge in [-0.1, -0.05) is 84.4 Å². The van der Waals surface area contributed by atoms with E-state index in [2.05, 4.69) is 43.3 Å². The molecule has 2 nitrogen and oxygen atoms in total. The summed E-state index contributed by atoms with van der Waals surface area (Å²) >= 11 is 5.96. The van der Waals surface area contributed by atoms with E-state index in [0.717, 1.165) is 16.3 Å². The number of para-hydroxylation sites is 1. The van der Waals surface area contributed by atoms with Crippen LogP contribution in [0.1, 0.15) is 18.1 Å². The summed E-state index contributed by atoms with van der Waals surface area (Å²) in [6, 6.07) is 28.2. The molecule has 0 aliphatic heterocycles. The van der Waals surface area contributed by atoms with Crippen LogP contribution in [0.5, 0.6) is 0 Å². The lowest BCUT2D eigenvalue weighted by Gasteiger charge is -2.24. The average Bonchev–Trinajstić information content (AvgIpc) is 2.69. The van der Waals surface area contributed by atoms with Crippen LogP contribution in [0.15, 0.2) is 96.1 Å². The number of halogens is 1. The van der Waals surface area contributed by atoms with Crippen LogP contribution in [0.25, 0.3) is 6.08 Å². The second-order valence-electron chi connectivity index (χ2n) is 5.99. The Balaban J connectivity index is 1.83. The van der Waals surface area contributed by atoms with Crippen LogP contribution in [0.2, 0.25) is 5.02 Å². The molecule has 130 valence electrons. The first-order valence-corrected chi connectivity index (χ1v) is 8.97. The second kappa shape index (κ2) is 9.02. The monoisotopic (exact) mass is 360 g/mol. The lowest BCUT2D eigenvalue weighted by molar-refractivity contribution is 0.778. The third kappa shape index (κ3) is 5.08. The van der Waals surface area contributed by atoms with Crippen molar-refractivity contribution < 1.29 is 0 Å². The third-order valence-electron chi connectivity index (χ3n) is 3.97. The van der Waals surface area contributed by atoms with E-state index in [0.29, 0.717) is 0 Å². The molecule has 0 saturated heterocycles. The Kier molecular flexibility index (Phi) is 6.24. The van der Waals surface area contributed by atoms with E-state index in [4.69, 9.17) is 16.7 Å². The summed E-state index contributed by atoms with van der Waals surface area (Å²) < 4.78 is 0. The molecule has 0 saturated carbocycles. The zero-order valence-electron chi connectivity index (χ0n) is 14.7. The van der Waals surface area contributed by atoms with Crippen molar-refractivity contribution in [3.05, 3.63) is 107 Å². The van der Waals surface area contributed by atoms with Crippen LogP contribution in [0, 0.1) is 0 Å². The van der Waals surface area contributed by atoms with Crippen molar-refractivity contribution in [1.29, 1.82) is 0 Å². The van der Waals surface area contributed by atoms with Crippen molar-refractivity contribution in [2.75, 3.05) is 5.01 Å². The number of hydrogen-bond donors (Lipinski definition) is 0. The Morgan fingerprint density at radius 2 is 1.42 bits per heavy atom. The Bertz CT molecular complexity index is 856. The smallest absolute Gasteiger partial charge is 0.0681 e. The van der Waals surface area contributed by atoms with Gasteiger partial charge in [0.2, 0.25) is 0 Å². The maximum Gasteiger partial charge on any atom is 0.0681 e. The van der Waals surface area contributed by atoms with Gasteiger partial charge in [0.15, 0.2) is 0 Å². The van der Waals surface area contributed by atoms with Gasteiger partial charge >= 0.3 is 0 Å². The molecule has 3 aromatic rings. The number of hydrogen-bond acceptors (Lipinski definition) is 2. The molecule has 0 aliphatic carbocycles. The highest BCUT2D eigenvalue weighted by Gasteiger charge is 2.10. The van der Waals surface area contributed by atoms with E-state index in [-0.39, 0.29) is 6.04 Å². The van der Waals surface area contributed by atoms with E-state index in [1.807, 2.05) is 71.9 Å². The van der Waals surface area contributed by atoms with Gasteiger partial charge in [0, 0.05) is 5.02 Å².